The number of aliphatic hydroxyl groups is 2. The van der Waals surface area contributed by atoms with Crippen molar-refractivity contribution in [2.75, 3.05) is 0 Å². The molecule has 0 amide bonds. The molecule has 5 nitrogen and oxygen atoms in total. The largest absolute Gasteiger partial charge is 0.503 e. The summed E-state index contributed by atoms with van der Waals surface area (Å²) in [5, 5.41) is 19.2. The van der Waals surface area contributed by atoms with Gasteiger partial charge >= 0.3 is 0 Å². The lowest BCUT2D eigenvalue weighted by molar-refractivity contribution is 0.429. The van der Waals surface area contributed by atoms with E-state index < -0.39 is 0 Å². The van der Waals surface area contributed by atoms with Crippen LogP contribution in [0, 0.1) is 0 Å². The van der Waals surface area contributed by atoms with Crippen LogP contribution in [0.3, 0.4) is 0 Å². The Morgan fingerprint density at radius 2 is 1.57 bits per heavy atom. The van der Waals surface area contributed by atoms with Crippen LogP contribution in [0.5, 0.6) is 0 Å². The number of pyridine rings is 1. The number of nitrogens with zero attached hydrogens (tertiary/aromatic N) is 3. The lowest BCUT2D eigenvalue weighted by Crippen LogP contribution is -2.43. The van der Waals surface area contributed by atoms with Gasteiger partial charge in [-0.3, -0.25) is 4.98 Å². The number of fused-ring (bicyclic) bond motifs is 2. The molecule has 2 aromatic rings. The number of hydrogen-bond donors (Lipinski definition) is 2. The van der Waals surface area contributed by atoms with Crippen LogP contribution in [0.1, 0.15) is 0 Å². The van der Waals surface area contributed by atoms with Gasteiger partial charge in [-0.05, 0) is 6.07 Å². The maximum Gasteiger partial charge on any atom is 0.188 e. The van der Waals surface area contributed by atoms with Crippen molar-refractivity contribution < 1.29 is 10.2 Å². The predicted molar refractivity (Wildman–Crippen MR) is 48.7 cm³/mol. The molecule has 0 aliphatic heterocycles. The fraction of sp³-hybridized carbons (Fsp3) is 0. The fourth-order valence-electron chi connectivity index (χ4n) is 1.40. The Morgan fingerprint density at radius 3 is 2.29 bits per heavy atom. The van der Waals surface area contributed by atoms with Crippen LogP contribution in [-0.2, 0) is 0 Å². The van der Waals surface area contributed by atoms with Gasteiger partial charge in [0, 0.05) is 6.20 Å². The van der Waals surface area contributed by atoms with E-state index in [1.165, 1.54) is 0 Å². The number of rotatable bonds is 0. The second kappa shape index (κ2) is 2.20. The van der Waals surface area contributed by atoms with Gasteiger partial charge in [0.25, 0.3) is 0 Å². The van der Waals surface area contributed by atoms with Gasteiger partial charge in [-0.25, -0.2) is 9.97 Å². The maximum atomic E-state index is 9.24. The molecule has 0 saturated heterocycles. The molecule has 0 aromatic carbocycles. The lowest BCUT2D eigenvalue weighted by atomic mass is 10.2. The monoisotopic (exact) mass is 187 g/mol. The molecule has 0 bridgehead atoms. The fourth-order valence-corrected chi connectivity index (χ4v) is 1.40. The third kappa shape index (κ3) is 0.711. The smallest absolute Gasteiger partial charge is 0.188 e. The van der Waals surface area contributed by atoms with Crippen molar-refractivity contribution in [2.45, 2.75) is 0 Å². The molecule has 5 heteroatoms. The van der Waals surface area contributed by atoms with Gasteiger partial charge in [-0.15, -0.1) is 0 Å². The minimum atomic E-state index is -0.196. The van der Waals surface area contributed by atoms with Gasteiger partial charge in [0.2, 0.25) is 0 Å². The summed E-state index contributed by atoms with van der Waals surface area (Å²) in [4.78, 5) is 12.1. The molecular formula is C9H5N3O2. The molecule has 0 fully saturated rings. The van der Waals surface area contributed by atoms with E-state index >= 15 is 0 Å². The highest BCUT2D eigenvalue weighted by atomic mass is 16.3. The second-order valence-corrected chi connectivity index (χ2v) is 2.98. The zero-order valence-electron chi connectivity index (χ0n) is 6.97. The van der Waals surface area contributed by atoms with Crippen molar-refractivity contribution in [2.24, 2.45) is 0 Å². The van der Waals surface area contributed by atoms with Crippen LogP contribution in [0.4, 0.5) is 0 Å². The first-order chi connectivity index (χ1) is 6.77. The standard InChI is InChI=1S/C9H5N3O2/c13-8-6-7(9(8)14)12-5-3-10-2-1-4(5)11-6/h1-3,13-14H. The Morgan fingerprint density at radius 1 is 0.929 bits per heavy atom. The van der Waals surface area contributed by atoms with Crippen LogP contribution >= 0.6 is 0 Å². The van der Waals surface area contributed by atoms with Gasteiger partial charge in [0.1, 0.15) is 16.2 Å². The Labute approximate surface area is 77.7 Å². The summed E-state index contributed by atoms with van der Waals surface area (Å²) < 4.78 is 0. The Balaban J connectivity index is 2.56. The van der Waals surface area contributed by atoms with Crippen LogP contribution in [0.25, 0.3) is 22.6 Å². The van der Waals surface area contributed by atoms with Crippen LogP contribution < -0.4 is 10.7 Å². The second-order valence-electron chi connectivity index (χ2n) is 2.98. The Hall–Kier alpha value is -2.17. The van der Waals surface area contributed by atoms with E-state index in [2.05, 4.69) is 15.0 Å². The van der Waals surface area contributed by atoms with Crippen LogP contribution in [-0.4, -0.2) is 25.2 Å². The molecule has 0 radical (unpaired) electrons. The molecule has 2 heterocycles. The summed E-state index contributed by atoms with van der Waals surface area (Å²) in [5.41, 5.74) is 1.25. The highest BCUT2D eigenvalue weighted by molar-refractivity contribution is 5.84. The van der Waals surface area contributed by atoms with E-state index in [9.17, 15) is 10.2 Å². The first kappa shape index (κ1) is 7.25. The van der Waals surface area contributed by atoms with E-state index in [-0.39, 0.29) is 11.5 Å². The Bertz CT molecular complexity index is 605. The van der Waals surface area contributed by atoms with Crippen molar-refractivity contribution in [3.63, 3.8) is 0 Å². The molecular weight excluding hydrogens is 182 g/mol. The summed E-state index contributed by atoms with van der Waals surface area (Å²) >= 11 is 0. The minimum absolute atomic E-state index is 0.189. The molecule has 68 valence electrons. The zero-order valence-corrected chi connectivity index (χ0v) is 6.97. The molecule has 1 aliphatic rings. The highest BCUT2D eigenvalue weighted by Crippen LogP contribution is 2.07. The van der Waals surface area contributed by atoms with Crippen molar-refractivity contribution in [1.29, 1.82) is 0 Å². The molecule has 0 unspecified atom stereocenters. The SMILES string of the molecule is OC1=c2nc3ccncc3nc2=C1O. The van der Waals surface area contributed by atoms with E-state index in [0.717, 1.165) is 0 Å². The predicted octanol–water partition coefficient (Wildman–Crippen LogP) is -0.629. The molecule has 14 heavy (non-hydrogen) atoms. The van der Waals surface area contributed by atoms with Crippen molar-refractivity contribution in [3.05, 3.63) is 29.2 Å². The summed E-state index contributed by atoms with van der Waals surface area (Å²) in [6.45, 7) is 0. The summed E-state index contributed by atoms with van der Waals surface area (Å²) in [5.74, 6) is -0.385. The third-order valence-corrected chi connectivity index (χ3v) is 2.14. The summed E-state index contributed by atoms with van der Waals surface area (Å²) in [6, 6.07) is 1.70. The van der Waals surface area contributed by atoms with Crippen LogP contribution in [0.15, 0.2) is 18.5 Å². The quantitative estimate of drug-likeness (QED) is 0.574. The topological polar surface area (TPSA) is 79.1 Å². The number of hydrogen-bond acceptors (Lipinski definition) is 5. The van der Waals surface area contributed by atoms with Gasteiger partial charge in [0.05, 0.1) is 11.7 Å². The maximum absolute atomic E-state index is 9.24. The van der Waals surface area contributed by atoms with E-state index in [1.54, 1.807) is 18.5 Å². The molecule has 2 aromatic heterocycles. The summed E-state index contributed by atoms with van der Waals surface area (Å²) in [7, 11) is 0. The van der Waals surface area contributed by atoms with Gasteiger partial charge in [-0.2, -0.15) is 0 Å². The normalized spacial score (nSPS) is 14.0. The molecule has 0 atom stereocenters. The summed E-state index contributed by atoms with van der Waals surface area (Å²) in [6.07, 6.45) is 3.16. The van der Waals surface area contributed by atoms with Gasteiger partial charge in [-0.1, -0.05) is 0 Å². The Kier molecular flexibility index (Phi) is 1.14. The van der Waals surface area contributed by atoms with E-state index in [4.69, 9.17) is 0 Å². The molecule has 0 saturated carbocycles. The van der Waals surface area contributed by atoms with Crippen molar-refractivity contribution in [1.82, 2.24) is 15.0 Å². The highest BCUT2D eigenvalue weighted by Gasteiger charge is 2.18. The third-order valence-electron chi connectivity index (χ3n) is 2.14. The first-order valence-electron chi connectivity index (χ1n) is 4.02. The number of aromatic nitrogens is 3. The lowest BCUT2D eigenvalue weighted by Gasteiger charge is -2.07. The molecule has 0 spiro atoms. The van der Waals surface area contributed by atoms with Crippen LogP contribution in [0.2, 0.25) is 0 Å². The molecule has 3 rings (SSSR count). The molecule has 2 N–H and O–H groups in total. The van der Waals surface area contributed by atoms with Crippen molar-refractivity contribution >= 4 is 22.6 Å². The minimum Gasteiger partial charge on any atom is -0.503 e. The van der Waals surface area contributed by atoms with Gasteiger partial charge < -0.3 is 10.2 Å². The average molecular weight is 187 g/mol. The van der Waals surface area contributed by atoms with Gasteiger partial charge in [0.15, 0.2) is 11.5 Å². The van der Waals surface area contributed by atoms with Crippen molar-refractivity contribution in [3.8, 4) is 0 Å². The zero-order chi connectivity index (χ0) is 9.71. The van der Waals surface area contributed by atoms with E-state index in [1.807, 2.05) is 0 Å². The number of aliphatic hydroxyl groups excluding tert-OH is 2. The first-order valence-corrected chi connectivity index (χ1v) is 4.02. The van der Waals surface area contributed by atoms with E-state index in [0.29, 0.717) is 21.7 Å². The average Bonchev–Trinajstić information content (AvgIpc) is 2.26. The molecule has 1 aliphatic carbocycles.